The minimum atomic E-state index is -0.145. The molecule has 0 bridgehead atoms. The van der Waals surface area contributed by atoms with E-state index < -0.39 is 0 Å². The second kappa shape index (κ2) is 7.58. The third kappa shape index (κ3) is 4.95. The van der Waals surface area contributed by atoms with Crippen LogP contribution in [0.2, 0.25) is 0 Å². The van der Waals surface area contributed by atoms with Gasteiger partial charge in [0.15, 0.2) is 0 Å². The van der Waals surface area contributed by atoms with Gasteiger partial charge in [0.2, 0.25) is 5.91 Å². The molecule has 2 aromatic carbocycles. The zero-order chi connectivity index (χ0) is 16.8. The Morgan fingerprint density at radius 3 is 2.09 bits per heavy atom. The van der Waals surface area contributed by atoms with Crippen LogP contribution in [-0.4, -0.2) is 11.8 Å². The van der Waals surface area contributed by atoms with E-state index in [-0.39, 0.29) is 11.8 Å². The highest BCUT2D eigenvalue weighted by Crippen LogP contribution is 2.17. The Kier molecular flexibility index (Phi) is 5.52. The molecule has 0 aliphatic carbocycles. The van der Waals surface area contributed by atoms with Gasteiger partial charge in [-0.3, -0.25) is 9.59 Å². The van der Waals surface area contributed by atoms with Crippen molar-refractivity contribution >= 4 is 17.5 Å². The molecule has 0 unspecified atom stereocenters. The van der Waals surface area contributed by atoms with E-state index in [2.05, 4.69) is 24.5 Å². The summed E-state index contributed by atoms with van der Waals surface area (Å²) < 4.78 is 0. The summed E-state index contributed by atoms with van der Waals surface area (Å²) in [6.07, 6.45) is 0. The highest BCUT2D eigenvalue weighted by Gasteiger charge is 2.07. The predicted molar refractivity (Wildman–Crippen MR) is 92.4 cm³/mol. The SMILES string of the molecule is CC(=O)NCc1ccc(C(=O)Nc2ccc(C(C)C)cc2)cc1. The van der Waals surface area contributed by atoms with Crippen molar-refractivity contribution in [3.05, 3.63) is 65.2 Å². The summed E-state index contributed by atoms with van der Waals surface area (Å²) in [5.41, 5.74) is 3.56. The molecule has 2 rings (SSSR count). The summed E-state index contributed by atoms with van der Waals surface area (Å²) in [7, 11) is 0. The number of carbonyl (C=O) groups is 2. The summed E-state index contributed by atoms with van der Waals surface area (Å²) in [6, 6.07) is 15.1. The third-order valence-corrected chi connectivity index (χ3v) is 3.59. The Labute approximate surface area is 136 Å². The molecule has 0 aromatic heterocycles. The molecule has 0 spiro atoms. The molecule has 0 saturated carbocycles. The first kappa shape index (κ1) is 16.7. The van der Waals surface area contributed by atoms with E-state index in [0.717, 1.165) is 11.3 Å². The zero-order valence-electron chi connectivity index (χ0n) is 13.7. The average Bonchev–Trinajstić information content (AvgIpc) is 2.54. The maximum Gasteiger partial charge on any atom is 0.255 e. The molecule has 0 fully saturated rings. The molecule has 23 heavy (non-hydrogen) atoms. The zero-order valence-corrected chi connectivity index (χ0v) is 13.7. The highest BCUT2D eigenvalue weighted by atomic mass is 16.2. The molecule has 0 atom stereocenters. The van der Waals surface area contributed by atoms with Gasteiger partial charge in [-0.25, -0.2) is 0 Å². The Bertz CT molecular complexity index is 674. The largest absolute Gasteiger partial charge is 0.352 e. The molecule has 0 heterocycles. The maximum absolute atomic E-state index is 12.2. The number of anilines is 1. The molecule has 0 saturated heterocycles. The Morgan fingerprint density at radius 2 is 1.57 bits per heavy atom. The lowest BCUT2D eigenvalue weighted by Gasteiger charge is -2.09. The fourth-order valence-corrected chi connectivity index (χ4v) is 2.16. The number of hydrogen-bond acceptors (Lipinski definition) is 2. The molecule has 2 N–H and O–H groups in total. The Morgan fingerprint density at radius 1 is 0.957 bits per heavy atom. The van der Waals surface area contributed by atoms with Crippen LogP contribution in [0, 0.1) is 0 Å². The maximum atomic E-state index is 12.2. The molecule has 0 aliphatic heterocycles. The van der Waals surface area contributed by atoms with Crippen molar-refractivity contribution in [1.29, 1.82) is 0 Å². The van der Waals surface area contributed by atoms with Gasteiger partial charge in [0.05, 0.1) is 0 Å². The lowest BCUT2D eigenvalue weighted by Crippen LogP contribution is -2.19. The standard InChI is InChI=1S/C19H22N2O2/c1-13(2)16-8-10-18(11-9-16)21-19(23)17-6-4-15(5-7-17)12-20-14(3)22/h4-11,13H,12H2,1-3H3,(H,20,22)(H,21,23). The highest BCUT2D eigenvalue weighted by molar-refractivity contribution is 6.04. The van der Waals surface area contributed by atoms with E-state index in [0.29, 0.717) is 18.0 Å². The van der Waals surface area contributed by atoms with E-state index in [4.69, 9.17) is 0 Å². The van der Waals surface area contributed by atoms with E-state index in [1.807, 2.05) is 36.4 Å². The van der Waals surface area contributed by atoms with Crippen molar-refractivity contribution < 1.29 is 9.59 Å². The van der Waals surface area contributed by atoms with Crippen molar-refractivity contribution in [2.24, 2.45) is 0 Å². The summed E-state index contributed by atoms with van der Waals surface area (Å²) in [5.74, 6) is 0.251. The molecule has 0 radical (unpaired) electrons. The normalized spacial score (nSPS) is 10.4. The first-order valence-electron chi connectivity index (χ1n) is 7.70. The lowest BCUT2D eigenvalue weighted by molar-refractivity contribution is -0.119. The Hall–Kier alpha value is -2.62. The molecule has 4 heteroatoms. The molecule has 120 valence electrons. The summed E-state index contributed by atoms with van der Waals surface area (Å²) in [5, 5.41) is 5.61. The predicted octanol–water partition coefficient (Wildman–Crippen LogP) is 3.70. The van der Waals surface area contributed by atoms with E-state index >= 15 is 0 Å². The van der Waals surface area contributed by atoms with Crippen LogP contribution < -0.4 is 10.6 Å². The quantitative estimate of drug-likeness (QED) is 0.884. The minimum absolute atomic E-state index is 0.0725. The first-order chi connectivity index (χ1) is 11.0. The number of benzene rings is 2. The molecular weight excluding hydrogens is 288 g/mol. The van der Waals surface area contributed by atoms with Crippen LogP contribution in [0.5, 0.6) is 0 Å². The second-order valence-electron chi connectivity index (χ2n) is 5.84. The van der Waals surface area contributed by atoms with Gasteiger partial charge < -0.3 is 10.6 Å². The summed E-state index contributed by atoms with van der Waals surface area (Å²) in [4.78, 5) is 23.1. The molecule has 4 nitrogen and oxygen atoms in total. The van der Waals surface area contributed by atoms with Gasteiger partial charge in [-0.2, -0.15) is 0 Å². The van der Waals surface area contributed by atoms with Crippen molar-refractivity contribution in [2.45, 2.75) is 33.2 Å². The summed E-state index contributed by atoms with van der Waals surface area (Å²) >= 11 is 0. The van der Waals surface area contributed by atoms with Crippen LogP contribution in [0.1, 0.15) is 48.2 Å². The minimum Gasteiger partial charge on any atom is -0.352 e. The molecular formula is C19H22N2O2. The van der Waals surface area contributed by atoms with Crippen LogP contribution in [0.4, 0.5) is 5.69 Å². The van der Waals surface area contributed by atoms with Crippen LogP contribution in [0.25, 0.3) is 0 Å². The molecule has 0 aliphatic rings. The lowest BCUT2D eigenvalue weighted by atomic mass is 10.0. The fourth-order valence-electron chi connectivity index (χ4n) is 2.16. The smallest absolute Gasteiger partial charge is 0.255 e. The van der Waals surface area contributed by atoms with Gasteiger partial charge in [-0.05, 0) is 41.3 Å². The topological polar surface area (TPSA) is 58.2 Å². The molecule has 2 amide bonds. The van der Waals surface area contributed by atoms with Gasteiger partial charge in [-0.15, -0.1) is 0 Å². The monoisotopic (exact) mass is 310 g/mol. The number of hydrogen-bond donors (Lipinski definition) is 2. The number of nitrogens with one attached hydrogen (secondary N) is 2. The van der Waals surface area contributed by atoms with Crippen molar-refractivity contribution in [1.82, 2.24) is 5.32 Å². The van der Waals surface area contributed by atoms with Gasteiger partial charge in [0.25, 0.3) is 5.91 Å². The number of rotatable bonds is 5. The van der Waals surface area contributed by atoms with Crippen molar-refractivity contribution in [3.8, 4) is 0 Å². The molecule has 2 aromatic rings. The van der Waals surface area contributed by atoms with Gasteiger partial charge in [0.1, 0.15) is 0 Å². The first-order valence-corrected chi connectivity index (χ1v) is 7.70. The Balaban J connectivity index is 1.98. The van der Waals surface area contributed by atoms with Crippen LogP contribution in [0.15, 0.2) is 48.5 Å². The van der Waals surface area contributed by atoms with Gasteiger partial charge in [-0.1, -0.05) is 38.1 Å². The van der Waals surface area contributed by atoms with Gasteiger partial charge in [0, 0.05) is 24.7 Å². The van der Waals surface area contributed by atoms with Crippen LogP contribution >= 0.6 is 0 Å². The van der Waals surface area contributed by atoms with E-state index in [1.54, 1.807) is 12.1 Å². The second-order valence-corrected chi connectivity index (χ2v) is 5.84. The van der Waals surface area contributed by atoms with E-state index in [9.17, 15) is 9.59 Å². The van der Waals surface area contributed by atoms with Crippen LogP contribution in [0.3, 0.4) is 0 Å². The van der Waals surface area contributed by atoms with Crippen molar-refractivity contribution in [3.63, 3.8) is 0 Å². The number of carbonyl (C=O) groups excluding carboxylic acids is 2. The number of amides is 2. The van der Waals surface area contributed by atoms with Crippen LogP contribution in [-0.2, 0) is 11.3 Å². The van der Waals surface area contributed by atoms with E-state index in [1.165, 1.54) is 12.5 Å². The summed E-state index contributed by atoms with van der Waals surface area (Å²) in [6.45, 7) is 6.21. The third-order valence-electron chi connectivity index (χ3n) is 3.59. The fraction of sp³-hybridized carbons (Fsp3) is 0.263. The van der Waals surface area contributed by atoms with Gasteiger partial charge >= 0.3 is 0 Å². The van der Waals surface area contributed by atoms with Crippen molar-refractivity contribution in [2.75, 3.05) is 5.32 Å². The average molecular weight is 310 g/mol.